The second-order valence-corrected chi connectivity index (χ2v) is 4.59. The van der Waals surface area contributed by atoms with Crippen LogP contribution < -0.4 is 0 Å². The van der Waals surface area contributed by atoms with E-state index < -0.39 is 10.1 Å². The lowest BCUT2D eigenvalue weighted by Gasteiger charge is -2.14. The first-order chi connectivity index (χ1) is 5.52. The first-order valence-corrected chi connectivity index (χ1v) is 5.56. The molecule has 12 heavy (non-hydrogen) atoms. The predicted octanol–water partition coefficient (Wildman–Crippen LogP) is 0.304. The van der Waals surface area contributed by atoms with Crippen LogP contribution in [0.15, 0.2) is 0 Å². The largest absolute Gasteiger partial charge is 0.305 e. The first-order valence-electron chi connectivity index (χ1n) is 3.98. The van der Waals surface area contributed by atoms with E-state index in [1.165, 1.54) is 7.11 Å². The Morgan fingerprint density at radius 1 is 1.33 bits per heavy atom. The summed E-state index contributed by atoms with van der Waals surface area (Å²) in [5, 5.41) is 0. The topological polar surface area (TPSA) is 46.6 Å². The predicted molar refractivity (Wildman–Crippen MR) is 48.6 cm³/mol. The molecule has 0 aliphatic heterocycles. The molecule has 74 valence electrons. The average Bonchev–Trinajstić information content (AvgIpc) is 2.02. The highest BCUT2D eigenvalue weighted by Gasteiger charge is 2.09. The van der Waals surface area contributed by atoms with E-state index in [2.05, 4.69) is 11.1 Å². The second-order valence-electron chi connectivity index (χ2n) is 2.73. The Kier molecular flexibility index (Phi) is 5.44. The Labute approximate surface area is 74.6 Å². The second kappa shape index (κ2) is 5.50. The van der Waals surface area contributed by atoms with Gasteiger partial charge in [-0.15, -0.1) is 0 Å². The molecule has 0 saturated heterocycles. The van der Waals surface area contributed by atoms with Crippen molar-refractivity contribution in [3.8, 4) is 0 Å². The van der Waals surface area contributed by atoms with Crippen LogP contribution in [0.4, 0.5) is 0 Å². The molecular formula is C7H17NO3S. The summed E-state index contributed by atoms with van der Waals surface area (Å²) >= 11 is 0. The Hall–Kier alpha value is -0.130. The van der Waals surface area contributed by atoms with E-state index >= 15 is 0 Å². The summed E-state index contributed by atoms with van der Waals surface area (Å²) in [5.41, 5.74) is 0. The molecular weight excluding hydrogens is 178 g/mol. The number of hydrogen-bond donors (Lipinski definition) is 0. The molecule has 0 heterocycles. The van der Waals surface area contributed by atoms with Crippen LogP contribution >= 0.6 is 0 Å². The van der Waals surface area contributed by atoms with E-state index in [-0.39, 0.29) is 5.75 Å². The molecule has 0 saturated carbocycles. The maximum absolute atomic E-state index is 10.9. The van der Waals surface area contributed by atoms with Gasteiger partial charge in [0.15, 0.2) is 0 Å². The molecule has 5 heteroatoms. The van der Waals surface area contributed by atoms with Gasteiger partial charge in [-0.2, -0.15) is 8.42 Å². The Morgan fingerprint density at radius 2 is 1.92 bits per heavy atom. The third-order valence-corrected chi connectivity index (χ3v) is 2.77. The van der Waals surface area contributed by atoms with Gasteiger partial charge in [0.25, 0.3) is 10.1 Å². The Bertz CT molecular complexity index is 201. The molecule has 0 radical (unpaired) electrons. The van der Waals surface area contributed by atoms with Gasteiger partial charge in [-0.25, -0.2) is 0 Å². The zero-order valence-corrected chi connectivity index (χ0v) is 8.73. The molecule has 0 aliphatic carbocycles. The van der Waals surface area contributed by atoms with Crippen molar-refractivity contribution in [1.29, 1.82) is 0 Å². The van der Waals surface area contributed by atoms with Crippen molar-refractivity contribution >= 4 is 10.1 Å². The summed E-state index contributed by atoms with van der Waals surface area (Å²) in [4.78, 5) is 1.97. The van der Waals surface area contributed by atoms with Crippen molar-refractivity contribution in [2.24, 2.45) is 0 Å². The van der Waals surface area contributed by atoms with Crippen molar-refractivity contribution < 1.29 is 12.6 Å². The molecule has 0 amide bonds. The molecule has 0 atom stereocenters. The van der Waals surface area contributed by atoms with Gasteiger partial charge in [-0.05, 0) is 20.0 Å². The SMILES string of the molecule is CCCN(C)CCS(=O)(=O)OC. The van der Waals surface area contributed by atoms with E-state index in [4.69, 9.17) is 0 Å². The summed E-state index contributed by atoms with van der Waals surface area (Å²) in [6.45, 7) is 3.50. The quantitative estimate of drug-likeness (QED) is 0.572. The minimum absolute atomic E-state index is 0.0694. The summed E-state index contributed by atoms with van der Waals surface area (Å²) in [7, 11) is -0.187. The summed E-state index contributed by atoms with van der Waals surface area (Å²) < 4.78 is 26.0. The van der Waals surface area contributed by atoms with Gasteiger partial charge in [-0.3, -0.25) is 4.18 Å². The molecule has 0 bridgehead atoms. The van der Waals surface area contributed by atoms with Crippen LogP contribution in [-0.2, 0) is 14.3 Å². The summed E-state index contributed by atoms with van der Waals surface area (Å²) in [5.74, 6) is 0.0694. The van der Waals surface area contributed by atoms with Gasteiger partial charge >= 0.3 is 0 Å². The lowest BCUT2D eigenvalue weighted by atomic mass is 10.4. The van der Waals surface area contributed by atoms with Crippen LogP contribution in [0, 0.1) is 0 Å². The minimum Gasteiger partial charge on any atom is -0.305 e. The average molecular weight is 195 g/mol. The van der Waals surface area contributed by atoms with Gasteiger partial charge in [0, 0.05) is 6.54 Å². The van der Waals surface area contributed by atoms with Crippen molar-refractivity contribution in [3.05, 3.63) is 0 Å². The van der Waals surface area contributed by atoms with E-state index in [0.29, 0.717) is 6.54 Å². The van der Waals surface area contributed by atoms with Crippen LogP contribution in [0.3, 0.4) is 0 Å². The fraction of sp³-hybridized carbons (Fsp3) is 1.00. The molecule has 0 aromatic heterocycles. The van der Waals surface area contributed by atoms with Crippen LogP contribution in [-0.4, -0.2) is 46.3 Å². The number of nitrogens with zero attached hydrogens (tertiary/aromatic N) is 1. The molecule has 0 aromatic carbocycles. The van der Waals surface area contributed by atoms with E-state index in [0.717, 1.165) is 13.0 Å². The van der Waals surface area contributed by atoms with E-state index in [1.54, 1.807) is 0 Å². The monoisotopic (exact) mass is 195 g/mol. The van der Waals surface area contributed by atoms with Gasteiger partial charge in [-0.1, -0.05) is 6.92 Å². The maximum Gasteiger partial charge on any atom is 0.268 e. The molecule has 4 nitrogen and oxygen atoms in total. The molecule has 0 unspecified atom stereocenters. The molecule has 0 rings (SSSR count). The fourth-order valence-electron chi connectivity index (χ4n) is 0.844. The maximum atomic E-state index is 10.9. The van der Waals surface area contributed by atoms with Crippen molar-refractivity contribution in [3.63, 3.8) is 0 Å². The van der Waals surface area contributed by atoms with Crippen molar-refractivity contribution in [2.45, 2.75) is 13.3 Å². The highest BCUT2D eigenvalue weighted by Crippen LogP contribution is 1.93. The minimum atomic E-state index is -3.27. The Balaban J connectivity index is 3.68. The highest BCUT2D eigenvalue weighted by atomic mass is 32.2. The standard InChI is InChI=1S/C7H17NO3S/c1-4-5-8(2)6-7-12(9,10)11-3/h4-7H2,1-3H3. The smallest absolute Gasteiger partial charge is 0.268 e. The van der Waals surface area contributed by atoms with Gasteiger partial charge in [0.05, 0.1) is 12.9 Å². The molecule has 0 spiro atoms. The molecule has 0 aliphatic rings. The van der Waals surface area contributed by atoms with E-state index in [9.17, 15) is 8.42 Å². The van der Waals surface area contributed by atoms with Crippen molar-refractivity contribution in [2.75, 3.05) is 33.0 Å². The first kappa shape index (κ1) is 11.9. The summed E-state index contributed by atoms with van der Waals surface area (Å²) in [6, 6.07) is 0. The van der Waals surface area contributed by atoms with Crippen LogP contribution in [0.2, 0.25) is 0 Å². The van der Waals surface area contributed by atoms with Gasteiger partial charge in [0.2, 0.25) is 0 Å². The van der Waals surface area contributed by atoms with E-state index in [1.807, 2.05) is 11.9 Å². The van der Waals surface area contributed by atoms with Crippen LogP contribution in [0.1, 0.15) is 13.3 Å². The third-order valence-electron chi connectivity index (χ3n) is 1.58. The molecule has 0 N–H and O–H groups in total. The van der Waals surface area contributed by atoms with Crippen molar-refractivity contribution in [1.82, 2.24) is 4.90 Å². The highest BCUT2D eigenvalue weighted by molar-refractivity contribution is 7.86. The summed E-state index contributed by atoms with van der Waals surface area (Å²) in [6.07, 6.45) is 1.03. The zero-order valence-electron chi connectivity index (χ0n) is 7.91. The lowest BCUT2D eigenvalue weighted by Crippen LogP contribution is -2.26. The van der Waals surface area contributed by atoms with Gasteiger partial charge in [0.1, 0.15) is 0 Å². The molecule has 0 fully saturated rings. The lowest BCUT2D eigenvalue weighted by molar-refractivity contribution is 0.341. The Morgan fingerprint density at radius 3 is 2.33 bits per heavy atom. The molecule has 0 aromatic rings. The normalized spacial score (nSPS) is 12.3. The van der Waals surface area contributed by atoms with Crippen LogP contribution in [0.5, 0.6) is 0 Å². The fourth-order valence-corrected chi connectivity index (χ4v) is 1.55. The van der Waals surface area contributed by atoms with Crippen LogP contribution in [0.25, 0.3) is 0 Å². The third kappa shape index (κ3) is 5.51. The number of rotatable bonds is 6. The zero-order chi connectivity index (χ0) is 9.61. The number of hydrogen-bond acceptors (Lipinski definition) is 4. The van der Waals surface area contributed by atoms with Gasteiger partial charge < -0.3 is 4.90 Å².